The topological polar surface area (TPSA) is 25.8 Å². The van der Waals surface area contributed by atoms with E-state index in [0.29, 0.717) is 0 Å². The molecule has 0 fully saturated rings. The highest BCUT2D eigenvalue weighted by Gasteiger charge is 2.08. The van der Waals surface area contributed by atoms with Crippen molar-refractivity contribution in [2.24, 2.45) is 0 Å². The summed E-state index contributed by atoms with van der Waals surface area (Å²) in [6.45, 7) is 6.34. The number of aromatic nitrogens is 2. The van der Waals surface area contributed by atoms with Crippen molar-refractivity contribution in [3.05, 3.63) is 45.8 Å². The molecule has 1 heterocycles. The van der Waals surface area contributed by atoms with Crippen molar-refractivity contribution in [1.82, 2.24) is 9.97 Å². The third kappa shape index (κ3) is 2.14. The Morgan fingerprint density at radius 1 is 0.938 bits per heavy atom. The van der Waals surface area contributed by atoms with Gasteiger partial charge in [-0.25, -0.2) is 9.97 Å². The standard InChI is InChI=1S/C13H13BrN2/c1-8-4-9(2)13(10(3)5-8)11-6-12(14)16-7-15-11/h4-7H,1-3H3. The Morgan fingerprint density at radius 3 is 2.12 bits per heavy atom. The highest BCUT2D eigenvalue weighted by molar-refractivity contribution is 9.10. The van der Waals surface area contributed by atoms with E-state index >= 15 is 0 Å². The van der Waals surface area contributed by atoms with Gasteiger partial charge in [-0.15, -0.1) is 0 Å². The van der Waals surface area contributed by atoms with Crippen LogP contribution in [0.25, 0.3) is 11.3 Å². The highest BCUT2D eigenvalue weighted by atomic mass is 79.9. The summed E-state index contributed by atoms with van der Waals surface area (Å²) in [6, 6.07) is 6.31. The predicted molar refractivity (Wildman–Crippen MR) is 69.4 cm³/mol. The molecule has 1 aromatic heterocycles. The molecule has 0 bridgehead atoms. The number of rotatable bonds is 1. The fourth-order valence-corrected chi connectivity index (χ4v) is 2.36. The van der Waals surface area contributed by atoms with Gasteiger partial charge in [-0.2, -0.15) is 0 Å². The number of aryl methyl sites for hydroxylation is 3. The summed E-state index contributed by atoms with van der Waals surface area (Å²) in [5.41, 5.74) is 5.96. The van der Waals surface area contributed by atoms with E-state index in [1.807, 2.05) is 6.07 Å². The van der Waals surface area contributed by atoms with E-state index in [4.69, 9.17) is 0 Å². The summed E-state index contributed by atoms with van der Waals surface area (Å²) in [7, 11) is 0. The first-order valence-corrected chi connectivity index (χ1v) is 5.93. The minimum atomic E-state index is 0.817. The van der Waals surface area contributed by atoms with Crippen LogP contribution in [0, 0.1) is 20.8 Å². The maximum absolute atomic E-state index is 4.32. The second kappa shape index (κ2) is 4.34. The fraction of sp³-hybridized carbons (Fsp3) is 0.231. The largest absolute Gasteiger partial charge is 0.236 e. The number of hydrogen-bond donors (Lipinski definition) is 0. The second-order valence-electron chi connectivity index (χ2n) is 4.00. The molecule has 3 heteroatoms. The van der Waals surface area contributed by atoms with Gasteiger partial charge < -0.3 is 0 Å². The Bertz CT molecular complexity index is 512. The fourth-order valence-electron chi connectivity index (χ4n) is 2.05. The molecule has 2 nitrogen and oxygen atoms in total. The zero-order chi connectivity index (χ0) is 11.7. The average molecular weight is 277 g/mol. The van der Waals surface area contributed by atoms with Crippen LogP contribution in [-0.4, -0.2) is 9.97 Å². The first kappa shape index (κ1) is 11.3. The number of benzene rings is 1. The molecule has 0 radical (unpaired) electrons. The van der Waals surface area contributed by atoms with Gasteiger partial charge in [0.1, 0.15) is 10.9 Å². The first-order chi connectivity index (χ1) is 7.58. The van der Waals surface area contributed by atoms with Crippen LogP contribution < -0.4 is 0 Å². The molecule has 0 aliphatic heterocycles. The lowest BCUT2D eigenvalue weighted by Crippen LogP contribution is -1.93. The van der Waals surface area contributed by atoms with Gasteiger partial charge in [0.25, 0.3) is 0 Å². The van der Waals surface area contributed by atoms with Crippen molar-refractivity contribution < 1.29 is 0 Å². The smallest absolute Gasteiger partial charge is 0.117 e. The molecule has 16 heavy (non-hydrogen) atoms. The van der Waals surface area contributed by atoms with Crippen LogP contribution in [0.3, 0.4) is 0 Å². The summed E-state index contributed by atoms with van der Waals surface area (Å²) in [4.78, 5) is 8.37. The summed E-state index contributed by atoms with van der Waals surface area (Å²) >= 11 is 3.37. The van der Waals surface area contributed by atoms with Gasteiger partial charge >= 0.3 is 0 Å². The Kier molecular flexibility index (Phi) is 3.06. The molecule has 1 aromatic carbocycles. The van der Waals surface area contributed by atoms with Gasteiger partial charge in [0.2, 0.25) is 0 Å². The van der Waals surface area contributed by atoms with E-state index < -0.39 is 0 Å². The monoisotopic (exact) mass is 276 g/mol. The number of halogens is 1. The van der Waals surface area contributed by atoms with Gasteiger partial charge in [0.05, 0.1) is 5.69 Å². The molecule has 0 aliphatic carbocycles. The molecule has 2 aromatic rings. The molecular weight excluding hydrogens is 264 g/mol. The Balaban J connectivity index is 2.64. The molecule has 0 atom stereocenters. The maximum Gasteiger partial charge on any atom is 0.117 e. The normalized spacial score (nSPS) is 10.5. The van der Waals surface area contributed by atoms with Gasteiger partial charge in [0, 0.05) is 5.56 Å². The molecule has 2 rings (SSSR count). The van der Waals surface area contributed by atoms with Crippen LogP contribution in [0.1, 0.15) is 16.7 Å². The van der Waals surface area contributed by atoms with Crippen LogP contribution in [0.5, 0.6) is 0 Å². The van der Waals surface area contributed by atoms with Crippen LogP contribution >= 0.6 is 15.9 Å². The number of nitrogens with zero attached hydrogens (tertiary/aromatic N) is 2. The lowest BCUT2D eigenvalue weighted by molar-refractivity contribution is 1.13. The third-order valence-electron chi connectivity index (χ3n) is 2.57. The van der Waals surface area contributed by atoms with Crippen molar-refractivity contribution in [2.45, 2.75) is 20.8 Å². The Morgan fingerprint density at radius 2 is 1.56 bits per heavy atom. The SMILES string of the molecule is Cc1cc(C)c(-c2cc(Br)ncn2)c(C)c1. The van der Waals surface area contributed by atoms with E-state index in [2.05, 4.69) is 58.8 Å². The molecule has 0 unspecified atom stereocenters. The molecule has 0 aliphatic rings. The van der Waals surface area contributed by atoms with Gasteiger partial charge in [-0.3, -0.25) is 0 Å². The lowest BCUT2D eigenvalue weighted by Gasteiger charge is -2.10. The molecular formula is C13H13BrN2. The van der Waals surface area contributed by atoms with Crippen LogP contribution in [0.4, 0.5) is 0 Å². The van der Waals surface area contributed by atoms with E-state index in [1.165, 1.54) is 22.3 Å². The Labute approximate surface area is 104 Å². The molecule has 0 N–H and O–H groups in total. The molecule has 0 saturated carbocycles. The average Bonchev–Trinajstić information content (AvgIpc) is 2.15. The van der Waals surface area contributed by atoms with E-state index in [0.717, 1.165) is 10.3 Å². The highest BCUT2D eigenvalue weighted by Crippen LogP contribution is 2.27. The van der Waals surface area contributed by atoms with Crippen molar-refractivity contribution in [2.75, 3.05) is 0 Å². The van der Waals surface area contributed by atoms with Gasteiger partial charge in [-0.05, 0) is 53.9 Å². The van der Waals surface area contributed by atoms with E-state index in [1.54, 1.807) is 6.33 Å². The van der Waals surface area contributed by atoms with Gasteiger partial charge in [0.15, 0.2) is 0 Å². The Hall–Kier alpha value is -1.22. The van der Waals surface area contributed by atoms with Crippen LogP contribution in [0.2, 0.25) is 0 Å². The quantitative estimate of drug-likeness (QED) is 0.740. The minimum Gasteiger partial charge on any atom is -0.236 e. The van der Waals surface area contributed by atoms with Crippen molar-refractivity contribution in [3.63, 3.8) is 0 Å². The number of hydrogen-bond acceptors (Lipinski definition) is 2. The summed E-state index contributed by atoms with van der Waals surface area (Å²) < 4.78 is 0.817. The first-order valence-electron chi connectivity index (χ1n) is 5.13. The maximum atomic E-state index is 4.32. The summed E-state index contributed by atoms with van der Waals surface area (Å²) in [5.74, 6) is 0. The van der Waals surface area contributed by atoms with E-state index in [-0.39, 0.29) is 0 Å². The van der Waals surface area contributed by atoms with E-state index in [9.17, 15) is 0 Å². The van der Waals surface area contributed by atoms with Crippen molar-refractivity contribution >= 4 is 15.9 Å². The zero-order valence-electron chi connectivity index (χ0n) is 9.58. The summed E-state index contributed by atoms with van der Waals surface area (Å²) in [6.07, 6.45) is 1.58. The second-order valence-corrected chi connectivity index (χ2v) is 4.81. The van der Waals surface area contributed by atoms with Crippen LogP contribution in [0.15, 0.2) is 29.1 Å². The zero-order valence-corrected chi connectivity index (χ0v) is 11.2. The van der Waals surface area contributed by atoms with Gasteiger partial charge in [-0.1, -0.05) is 17.7 Å². The van der Waals surface area contributed by atoms with Crippen LogP contribution in [-0.2, 0) is 0 Å². The third-order valence-corrected chi connectivity index (χ3v) is 3.00. The molecule has 0 spiro atoms. The lowest BCUT2D eigenvalue weighted by atomic mass is 9.97. The summed E-state index contributed by atoms with van der Waals surface area (Å²) in [5, 5.41) is 0. The minimum absolute atomic E-state index is 0.817. The predicted octanol–water partition coefficient (Wildman–Crippen LogP) is 3.83. The molecule has 0 amide bonds. The molecule has 82 valence electrons. The van der Waals surface area contributed by atoms with Crippen molar-refractivity contribution in [1.29, 1.82) is 0 Å². The van der Waals surface area contributed by atoms with Crippen molar-refractivity contribution in [3.8, 4) is 11.3 Å². The molecule has 0 saturated heterocycles.